The van der Waals surface area contributed by atoms with Gasteiger partial charge in [-0.3, -0.25) is 46.7 Å². The minimum Gasteiger partial charge on any atom is -0.461 e. The molecule has 1 aliphatic carbocycles. The SMILES string of the molecule is CCN(CC)c1ccc2c(C(C)(C)C)cc(/C=C/C=C/C=C3/N(CCCCCC(=O)NCCC(=O)C(CCCCNC(=O)CCCCCN4/C(=C/C=C5\CCCC(/C=C/C6=[N+](CCCS(=O)(=O)O)c7ccc(N(CCCS(=O)(=O)O)CCCS(=O)(=O)O)cc7C6(C)C)=C5Cl)C(C)(C)c5c4ccc4cc(S(=O)(=O)O)ccc54)NC(=O)C(CC(=O)OCc4ccccc4)Cc4ccccc4)c4ccc(S(=O)(=O)O)cc4C3(C)C)[o+]c2c1. The number of fused-ring (bicyclic) bond motifs is 6. The number of hydrogen-bond donors (Lipinski definition) is 8. The third kappa shape index (κ3) is 31.7. The average Bonchev–Trinajstić information content (AvgIpc) is 1.57. The second-order valence-electron chi connectivity index (χ2n) is 41.4. The molecule has 0 spiro atoms. The number of carbonyl (C=O) groups excluding carboxylic acids is 5. The Morgan fingerprint density at radius 2 is 1.13 bits per heavy atom. The summed E-state index contributed by atoms with van der Waals surface area (Å²) in [4.78, 5) is 78.2. The molecule has 2 atom stereocenters. The normalized spacial score (nSPS) is 16.5. The lowest BCUT2D eigenvalue weighted by atomic mass is 9.80. The number of carbonyl (C=O) groups is 5. The first-order valence-electron chi connectivity index (χ1n) is 51.3. The molecule has 802 valence electrons. The Balaban J connectivity index is 0.687. The summed E-state index contributed by atoms with van der Waals surface area (Å²) in [5.74, 6) is -3.75. The van der Waals surface area contributed by atoms with Crippen LogP contribution in [0.3, 0.4) is 0 Å². The van der Waals surface area contributed by atoms with Crippen molar-refractivity contribution in [3.05, 3.63) is 267 Å². The molecule has 36 heteroatoms. The fraction of sp³-hybridized carbons (Fsp3) is 0.442. The number of unbranched alkanes of at least 4 members (excludes halogenated alkanes) is 5. The highest BCUT2D eigenvalue weighted by Gasteiger charge is 2.47. The van der Waals surface area contributed by atoms with E-state index in [4.69, 9.17) is 20.8 Å². The summed E-state index contributed by atoms with van der Waals surface area (Å²) >= 11 is 7.50. The van der Waals surface area contributed by atoms with E-state index >= 15 is 0 Å². The second kappa shape index (κ2) is 50.7. The van der Waals surface area contributed by atoms with Crippen molar-refractivity contribution in [3.8, 4) is 0 Å². The van der Waals surface area contributed by atoms with Crippen LogP contribution in [0.5, 0.6) is 0 Å². The maximum atomic E-state index is 14.7. The van der Waals surface area contributed by atoms with E-state index in [0.717, 1.165) is 120 Å². The molecule has 3 amide bonds. The van der Waals surface area contributed by atoms with Crippen LogP contribution in [0.4, 0.5) is 28.4 Å². The molecular formula is C113H143ClN8O22S5+2. The summed E-state index contributed by atoms with van der Waals surface area (Å²) in [5.41, 5.74) is 12.0. The number of ketones is 1. The number of ether oxygens (including phenoxy) is 1. The molecule has 3 aliphatic heterocycles. The van der Waals surface area contributed by atoms with Crippen LogP contribution in [0.1, 0.15) is 237 Å². The number of allylic oxidation sites excluding steroid dienone is 13. The predicted octanol–water partition coefficient (Wildman–Crippen LogP) is 20.3. The van der Waals surface area contributed by atoms with Crippen LogP contribution in [0.2, 0.25) is 0 Å². The minimum atomic E-state index is -4.55. The molecule has 4 heterocycles. The highest BCUT2D eigenvalue weighted by atomic mass is 35.5. The number of Topliss-reactive ketones (excluding diaryl/α,β-unsaturated/α-hetero) is 1. The lowest BCUT2D eigenvalue weighted by Crippen LogP contribution is -2.45. The molecule has 0 saturated heterocycles. The Bertz CT molecular complexity index is 7090. The zero-order chi connectivity index (χ0) is 108. The van der Waals surface area contributed by atoms with Gasteiger partial charge in [-0.05, 0) is 239 Å². The lowest BCUT2D eigenvalue weighted by Gasteiger charge is -2.27. The van der Waals surface area contributed by atoms with Crippen LogP contribution in [-0.2, 0) is 114 Å². The maximum absolute atomic E-state index is 14.7. The predicted molar refractivity (Wildman–Crippen MR) is 589 cm³/mol. The standard InChI is InChI=1S/C113H141ClN8O22S5/c1-12-118(13-2)86-49-53-91-92(110(3,4)5)76-87(144-100(91)75-86)41-23-16-24-43-101-112(8,9)94-77-89(149(140,141)142)52-57-97(94)120(101)65-29-17-26-45-105(125)116-62-60-99(123)95(117-109(127)84(71-79-35-19-14-20-36-79)73-106(126)143-78-80-37-21-15-22-38-80)42-27-28-61-115-104(124)44-25-18-30-66-122-98-55-46-83-72-88(148(137,138)139)51-54-90(83)107(98)113(10,11)103(122)59-48-82-40-31-39-81(108(82)114)47-58-102-111(6,7)93-74-85(50-56-96(93)121(102)67-34-70-147(134,135)136)119(63-32-68-145(128,129)130)64-33-69-146(131,132)133/h14-16,19-24,35-38,41,43,46-59,72,74-77,84,95H,12-13,17-18,25-34,39-40,42,44-45,60-71,73,78H2,1-11H3,(H6-2,115,116,117,124,125,127,128,129,130,131,132,133,134,135,136,137,138,139,140,141,142)/p+2/b24-16+,41-23+,101-43+. The number of hydrogen-bond acceptors (Lipinski definition) is 20. The third-order valence-electron chi connectivity index (χ3n) is 28.3. The Labute approximate surface area is 883 Å². The van der Waals surface area contributed by atoms with Crippen LogP contribution in [0.15, 0.2) is 242 Å². The van der Waals surface area contributed by atoms with E-state index in [9.17, 15) is 88.8 Å². The van der Waals surface area contributed by atoms with E-state index in [1.54, 1.807) is 23.1 Å². The van der Waals surface area contributed by atoms with Gasteiger partial charge in [0.1, 0.15) is 13.2 Å². The van der Waals surface area contributed by atoms with Crippen molar-refractivity contribution < 1.29 is 103 Å². The first-order valence-corrected chi connectivity index (χ1v) is 59.3. The molecular weight excluding hydrogens is 2020 g/mol. The molecule has 7 aromatic carbocycles. The summed E-state index contributed by atoms with van der Waals surface area (Å²) in [5, 5.41) is 11.9. The van der Waals surface area contributed by atoms with Gasteiger partial charge in [0.25, 0.3) is 50.6 Å². The number of rotatable bonds is 53. The van der Waals surface area contributed by atoms with Crippen LogP contribution in [-0.4, -0.2) is 187 Å². The number of nitrogens with zero attached hydrogens (tertiary/aromatic N) is 5. The molecule has 12 rings (SSSR count). The number of amides is 3. The quantitative estimate of drug-likeness (QED) is 0.00438. The highest BCUT2D eigenvalue weighted by Crippen LogP contribution is 2.53. The molecule has 2 unspecified atom stereocenters. The van der Waals surface area contributed by atoms with Crippen LogP contribution in [0, 0.1) is 5.92 Å². The van der Waals surface area contributed by atoms with Crippen molar-refractivity contribution in [2.45, 2.75) is 249 Å². The van der Waals surface area contributed by atoms with Crippen molar-refractivity contribution in [1.82, 2.24) is 16.0 Å². The minimum absolute atomic E-state index is 0.00279. The van der Waals surface area contributed by atoms with Crippen molar-refractivity contribution >= 4 is 154 Å². The monoisotopic (exact) mass is 2160 g/mol. The summed E-state index contributed by atoms with van der Waals surface area (Å²) in [6.45, 7) is 26.4. The van der Waals surface area contributed by atoms with Gasteiger partial charge >= 0.3 is 17.3 Å². The van der Waals surface area contributed by atoms with Gasteiger partial charge in [0.15, 0.2) is 11.5 Å². The summed E-state index contributed by atoms with van der Waals surface area (Å²) in [6, 6.07) is 44.3. The smallest absolute Gasteiger partial charge is 0.363 e. The van der Waals surface area contributed by atoms with Crippen LogP contribution >= 0.6 is 11.6 Å². The van der Waals surface area contributed by atoms with E-state index in [0.29, 0.717) is 99.2 Å². The van der Waals surface area contributed by atoms with Gasteiger partial charge in [-0.2, -0.15) is 46.7 Å². The van der Waals surface area contributed by atoms with Crippen molar-refractivity contribution in [2.24, 2.45) is 5.92 Å². The van der Waals surface area contributed by atoms with E-state index in [1.807, 2.05) is 166 Å². The average molecular weight is 2160 g/mol. The van der Waals surface area contributed by atoms with Gasteiger partial charge < -0.3 is 40.3 Å². The summed E-state index contributed by atoms with van der Waals surface area (Å²) < 4.78 is 185. The fourth-order valence-corrected chi connectivity index (χ4v) is 23.3. The van der Waals surface area contributed by atoms with Crippen molar-refractivity contribution in [2.75, 3.05) is 95.8 Å². The highest BCUT2D eigenvalue weighted by molar-refractivity contribution is 7.86. The van der Waals surface area contributed by atoms with Crippen molar-refractivity contribution in [3.63, 3.8) is 0 Å². The first kappa shape index (κ1) is 116. The molecule has 8 aromatic rings. The van der Waals surface area contributed by atoms with E-state index in [2.05, 4.69) is 109 Å². The van der Waals surface area contributed by atoms with Gasteiger partial charge in [-0.15, -0.1) is 0 Å². The fourth-order valence-electron chi connectivity index (χ4n) is 20.5. The molecule has 30 nitrogen and oxygen atoms in total. The summed E-state index contributed by atoms with van der Waals surface area (Å²) in [7, 11) is -22.1. The lowest BCUT2D eigenvalue weighted by molar-refractivity contribution is -0.437. The Morgan fingerprint density at radius 1 is 0.544 bits per heavy atom. The molecule has 0 radical (unpaired) electrons. The molecule has 0 fully saturated rings. The Hall–Kier alpha value is -11.4. The Morgan fingerprint density at radius 3 is 1.76 bits per heavy atom. The Kier molecular flexibility index (Phi) is 39.6. The van der Waals surface area contributed by atoms with Gasteiger partial charge in [0.05, 0.1) is 62.3 Å². The van der Waals surface area contributed by atoms with E-state index in [1.165, 1.54) is 24.3 Å². The van der Waals surface area contributed by atoms with Crippen molar-refractivity contribution in [1.29, 1.82) is 0 Å². The number of esters is 1. The van der Waals surface area contributed by atoms with E-state index in [-0.39, 0.29) is 130 Å². The number of nitrogens with one attached hydrogen (secondary N) is 3. The van der Waals surface area contributed by atoms with Crippen LogP contribution < -0.4 is 35.6 Å². The van der Waals surface area contributed by atoms with E-state index < -0.39 is 108 Å². The first-order chi connectivity index (χ1) is 70.3. The molecule has 8 N–H and O–H groups in total. The molecule has 0 bridgehead atoms. The van der Waals surface area contributed by atoms with Gasteiger partial charge in [-0.1, -0.05) is 176 Å². The third-order valence-corrected chi connectivity index (χ3v) is 32.9. The van der Waals surface area contributed by atoms with Gasteiger partial charge in [-0.25, -0.2) is 4.42 Å². The topological polar surface area (TPSA) is 430 Å². The number of benzene rings is 7. The maximum Gasteiger partial charge on any atom is 0.363 e. The van der Waals surface area contributed by atoms with Crippen LogP contribution in [0.25, 0.3) is 27.8 Å². The molecule has 149 heavy (non-hydrogen) atoms. The zero-order valence-corrected chi connectivity index (χ0v) is 91.8. The number of anilines is 4. The van der Waals surface area contributed by atoms with Gasteiger partial charge in [0, 0.05) is 158 Å². The van der Waals surface area contributed by atoms with Gasteiger partial charge in [0.2, 0.25) is 23.4 Å². The second-order valence-corrected chi connectivity index (χ2v) is 49.3. The molecule has 4 aliphatic rings. The largest absolute Gasteiger partial charge is 0.461 e. The number of halogens is 1. The molecule has 0 saturated carbocycles. The zero-order valence-electron chi connectivity index (χ0n) is 87.0. The molecule has 1 aromatic heterocycles. The summed E-state index contributed by atoms with van der Waals surface area (Å²) in [6.07, 6.45) is 24.5.